The van der Waals surface area contributed by atoms with Crippen LogP contribution in [0.5, 0.6) is 5.88 Å². The van der Waals surface area contributed by atoms with E-state index >= 15 is 0 Å². The molecule has 1 spiro atoms. The third kappa shape index (κ3) is 7.36. The summed E-state index contributed by atoms with van der Waals surface area (Å²) in [5.74, 6) is -0.506. The van der Waals surface area contributed by atoms with Crippen LogP contribution in [-0.2, 0) is 19.5 Å². The number of rotatable bonds is 3. The summed E-state index contributed by atoms with van der Waals surface area (Å²) in [6.45, 7) is 15.1. The Hall–Kier alpha value is -4.27. The number of piperidine rings is 1. The first-order valence-electron chi connectivity index (χ1n) is 16.4. The number of amides is 2. The monoisotopic (exact) mass is 692 g/mol. The lowest BCUT2D eigenvalue weighted by atomic mass is 9.98. The lowest BCUT2D eigenvalue weighted by Crippen LogP contribution is -2.60. The van der Waals surface area contributed by atoms with Crippen molar-refractivity contribution in [3.63, 3.8) is 0 Å². The Morgan fingerprint density at radius 2 is 1.71 bits per heavy atom. The van der Waals surface area contributed by atoms with Gasteiger partial charge in [0.2, 0.25) is 11.8 Å². The van der Waals surface area contributed by atoms with E-state index < -0.39 is 39.1 Å². The molecule has 3 aliphatic rings. The van der Waals surface area contributed by atoms with Crippen LogP contribution in [0.3, 0.4) is 0 Å². The number of nitrogens with one attached hydrogen (secondary N) is 2. The molecule has 2 fully saturated rings. The predicted molar refractivity (Wildman–Crippen MR) is 183 cm³/mol. The maximum absolute atomic E-state index is 13.7. The number of benzene rings is 2. The Morgan fingerprint density at radius 3 is 2.39 bits per heavy atom. The molecule has 0 saturated carbocycles. The van der Waals surface area contributed by atoms with Crippen LogP contribution in [0, 0.1) is 13.8 Å². The number of carbonyl (C=O) groups excluding carboxylic acids is 2. The number of aromatic nitrogens is 2. The summed E-state index contributed by atoms with van der Waals surface area (Å²) >= 11 is 0. The van der Waals surface area contributed by atoms with Gasteiger partial charge >= 0.3 is 6.09 Å². The van der Waals surface area contributed by atoms with Gasteiger partial charge in [0.25, 0.3) is 15.9 Å². The fraction of sp³-hybridized carbons (Fsp3) is 0.486. The Balaban J connectivity index is 1.32. The van der Waals surface area contributed by atoms with Crippen LogP contribution in [0.2, 0.25) is 0 Å². The number of hydrogen-bond acceptors (Lipinski definition) is 10. The zero-order chi connectivity index (χ0) is 35.4. The van der Waals surface area contributed by atoms with Crippen molar-refractivity contribution in [3.05, 3.63) is 65.2 Å². The summed E-state index contributed by atoms with van der Waals surface area (Å²) in [5.41, 5.74) is 0.713. The number of likely N-dealkylation sites (tertiary alicyclic amines) is 1. The molecule has 1 atom stereocenters. The Labute approximate surface area is 287 Å². The number of anilines is 1. The minimum absolute atomic E-state index is 0.0932. The second-order valence-corrected chi connectivity index (χ2v) is 16.1. The first-order chi connectivity index (χ1) is 22.9. The predicted octanol–water partition coefficient (Wildman–Crippen LogP) is 4.85. The van der Waals surface area contributed by atoms with Gasteiger partial charge in [-0.25, -0.2) is 22.9 Å². The molecule has 4 bridgehead atoms. The second kappa shape index (κ2) is 12.6. The van der Waals surface area contributed by atoms with Gasteiger partial charge in [0.05, 0.1) is 23.2 Å². The fourth-order valence-electron chi connectivity index (χ4n) is 6.68. The van der Waals surface area contributed by atoms with E-state index in [1.165, 1.54) is 18.2 Å². The normalized spacial score (nSPS) is 21.5. The minimum atomic E-state index is -4.14. The van der Waals surface area contributed by atoms with Crippen LogP contribution in [0.1, 0.15) is 68.9 Å². The molecule has 2 amide bonds. The van der Waals surface area contributed by atoms with Crippen molar-refractivity contribution in [2.24, 2.45) is 0 Å². The van der Waals surface area contributed by atoms with E-state index in [1.54, 1.807) is 17.0 Å². The highest BCUT2D eigenvalue weighted by molar-refractivity contribution is 7.92. The Morgan fingerprint density at radius 1 is 1.04 bits per heavy atom. The Bertz CT molecular complexity index is 1860. The zero-order valence-corrected chi connectivity index (χ0v) is 29.8. The van der Waals surface area contributed by atoms with E-state index in [0.29, 0.717) is 44.8 Å². The molecule has 0 radical (unpaired) electrons. The summed E-state index contributed by atoms with van der Waals surface area (Å²) in [7, 11) is -4.14. The summed E-state index contributed by atoms with van der Waals surface area (Å²) in [6.07, 6.45) is 0.331. The molecular formula is C35H44N6O7S. The molecule has 262 valence electrons. The minimum Gasteiger partial charge on any atom is -0.451 e. The number of nitrogens with zero attached hydrogens (tertiary/aromatic N) is 4. The second-order valence-electron chi connectivity index (χ2n) is 14.4. The van der Waals surface area contributed by atoms with Gasteiger partial charge in [0.1, 0.15) is 11.3 Å². The fourth-order valence-corrected chi connectivity index (χ4v) is 7.67. The molecule has 2 aromatic carbocycles. The topological polar surface area (TPSA) is 152 Å². The molecule has 14 heteroatoms. The van der Waals surface area contributed by atoms with Crippen LogP contribution in [0.15, 0.2) is 53.4 Å². The number of aryl methyl sites for hydroxylation is 2. The zero-order valence-electron chi connectivity index (χ0n) is 29.0. The molecule has 0 aliphatic carbocycles. The number of fused-ring (bicyclic) bond motifs is 4. The lowest BCUT2D eigenvalue weighted by molar-refractivity contribution is -0.0653. The van der Waals surface area contributed by atoms with Crippen LogP contribution >= 0.6 is 0 Å². The molecule has 2 saturated heterocycles. The van der Waals surface area contributed by atoms with Gasteiger partial charge < -0.3 is 24.4 Å². The number of carbonyl (C=O) groups is 2. The highest BCUT2D eigenvalue weighted by Crippen LogP contribution is 2.35. The summed E-state index contributed by atoms with van der Waals surface area (Å²) in [6, 6.07) is 13.1. The third-order valence-corrected chi connectivity index (χ3v) is 10.3. The van der Waals surface area contributed by atoms with Crippen molar-refractivity contribution in [2.75, 3.05) is 31.0 Å². The van der Waals surface area contributed by atoms with Gasteiger partial charge in [-0.1, -0.05) is 24.3 Å². The van der Waals surface area contributed by atoms with Crippen LogP contribution in [0.25, 0.3) is 11.3 Å². The summed E-state index contributed by atoms with van der Waals surface area (Å²) in [5, 5.41) is 3.08. The van der Waals surface area contributed by atoms with E-state index in [1.807, 2.05) is 66.7 Å². The molecule has 2 N–H and O–H groups in total. The lowest BCUT2D eigenvalue weighted by Gasteiger charge is -2.43. The SMILES string of the molecule is Cc1cccc(C)c1-c1cc2nc(n1)NS(=O)(=O)c1cccc(c1)C(=O)NC1(CCN(C[C@H]3COC(C)(C)N3C(=O)OC(C)(C)C)CC1)O2. The maximum Gasteiger partial charge on any atom is 0.412 e. The van der Waals surface area contributed by atoms with Gasteiger partial charge in [-0.2, -0.15) is 4.98 Å². The van der Waals surface area contributed by atoms with E-state index in [2.05, 4.69) is 24.9 Å². The van der Waals surface area contributed by atoms with E-state index in [9.17, 15) is 18.0 Å². The van der Waals surface area contributed by atoms with Gasteiger partial charge in [-0.05, 0) is 77.8 Å². The van der Waals surface area contributed by atoms with Crippen molar-refractivity contribution in [1.29, 1.82) is 0 Å². The highest BCUT2D eigenvalue weighted by atomic mass is 32.2. The van der Waals surface area contributed by atoms with Gasteiger partial charge in [-0.3, -0.25) is 9.69 Å². The standard InChI is InChI=1S/C35H44N6O7S/c1-22-10-8-11-23(2)29(22)27-19-28-37-31(36-27)39-49(44,45)26-13-9-12-24(18-26)30(42)38-35(47-28)14-16-40(17-15-35)20-25-21-46-34(6,7)41(25)32(43)48-33(3,4)5/h8-13,18-19,25H,14-17,20-21H2,1-7H3,(H,38,42)(H,36,37,39)/t25-/m0/s1. The summed E-state index contributed by atoms with van der Waals surface area (Å²) < 4.78 is 47.7. The molecule has 49 heavy (non-hydrogen) atoms. The average Bonchev–Trinajstić information content (AvgIpc) is 3.30. The van der Waals surface area contributed by atoms with Crippen molar-refractivity contribution in [1.82, 2.24) is 25.1 Å². The van der Waals surface area contributed by atoms with Crippen molar-refractivity contribution >= 4 is 28.0 Å². The first kappa shape index (κ1) is 34.6. The van der Waals surface area contributed by atoms with Gasteiger partial charge in [-0.15, -0.1) is 0 Å². The van der Waals surface area contributed by atoms with Gasteiger partial charge in [0, 0.05) is 49.7 Å². The van der Waals surface area contributed by atoms with Crippen LogP contribution in [-0.4, -0.2) is 89.5 Å². The van der Waals surface area contributed by atoms with Gasteiger partial charge in [0.15, 0.2) is 5.72 Å². The van der Waals surface area contributed by atoms with E-state index in [4.69, 9.17) is 14.2 Å². The molecule has 4 heterocycles. The van der Waals surface area contributed by atoms with Crippen molar-refractivity contribution in [2.45, 2.75) is 89.3 Å². The van der Waals surface area contributed by atoms with Crippen molar-refractivity contribution in [3.8, 4) is 17.1 Å². The molecule has 13 nitrogen and oxygen atoms in total. The Kier molecular flexibility index (Phi) is 8.87. The third-order valence-electron chi connectivity index (χ3n) is 9.01. The summed E-state index contributed by atoms with van der Waals surface area (Å²) in [4.78, 5) is 39.8. The smallest absolute Gasteiger partial charge is 0.412 e. The number of sulfonamides is 1. The number of hydrogen-bond donors (Lipinski definition) is 2. The quantitative estimate of drug-likeness (QED) is 0.390. The van der Waals surface area contributed by atoms with Crippen LogP contribution < -0.4 is 14.8 Å². The molecule has 3 aliphatic heterocycles. The van der Waals surface area contributed by atoms with E-state index in [0.717, 1.165) is 16.7 Å². The van der Waals surface area contributed by atoms with Crippen LogP contribution in [0.4, 0.5) is 10.7 Å². The molecule has 1 aromatic heterocycles. The maximum atomic E-state index is 13.7. The van der Waals surface area contributed by atoms with E-state index in [-0.39, 0.29) is 28.3 Å². The molecular weight excluding hydrogens is 648 g/mol. The molecule has 3 aromatic rings. The van der Waals surface area contributed by atoms with Crippen molar-refractivity contribution < 1.29 is 32.2 Å². The largest absolute Gasteiger partial charge is 0.451 e. The molecule has 0 unspecified atom stereocenters. The highest BCUT2D eigenvalue weighted by Gasteiger charge is 2.47. The first-order valence-corrected chi connectivity index (χ1v) is 17.9. The number of ether oxygens (including phenoxy) is 3. The molecule has 6 rings (SSSR count). The average molecular weight is 693 g/mol.